The molecule has 0 aromatic heterocycles. The number of nitrogens with one attached hydrogen (secondary N) is 2. The van der Waals surface area contributed by atoms with Crippen LogP contribution in [-0.2, 0) is 4.79 Å². The number of thiocarbonyl (C=S) groups is 1. The normalized spacial score (nSPS) is 9.90. The summed E-state index contributed by atoms with van der Waals surface area (Å²) in [4.78, 5) is 22.3. The standard InChI is InChI=1S/C13H15ClN2O3S/c1-2-3-4-11(17)16-13(20)15-8-5-6-9(12(18)19)10(14)7-8/h5-7H,2-4H2,1H3,(H,18,19)(H2,15,16,17,20). The Hall–Kier alpha value is -1.66. The molecule has 0 spiro atoms. The summed E-state index contributed by atoms with van der Waals surface area (Å²) in [5.74, 6) is -1.26. The number of halogens is 1. The molecule has 0 saturated carbocycles. The highest BCUT2D eigenvalue weighted by molar-refractivity contribution is 7.80. The van der Waals surface area contributed by atoms with Crippen LogP contribution < -0.4 is 10.6 Å². The molecule has 0 aliphatic heterocycles. The van der Waals surface area contributed by atoms with Crippen LogP contribution in [0.1, 0.15) is 36.5 Å². The number of anilines is 1. The molecule has 1 rings (SSSR count). The van der Waals surface area contributed by atoms with Gasteiger partial charge in [-0.3, -0.25) is 4.79 Å². The second-order valence-electron chi connectivity index (χ2n) is 4.11. The average Bonchev–Trinajstić information content (AvgIpc) is 2.35. The van der Waals surface area contributed by atoms with E-state index in [0.29, 0.717) is 12.1 Å². The summed E-state index contributed by atoms with van der Waals surface area (Å²) in [7, 11) is 0. The molecule has 3 N–H and O–H groups in total. The summed E-state index contributed by atoms with van der Waals surface area (Å²) >= 11 is 10.8. The molecule has 0 radical (unpaired) electrons. The number of amides is 1. The number of carbonyl (C=O) groups excluding carboxylic acids is 1. The SMILES string of the molecule is CCCCC(=O)NC(=S)Nc1ccc(C(=O)O)c(Cl)c1. The first kappa shape index (κ1) is 16.4. The van der Waals surface area contributed by atoms with E-state index in [-0.39, 0.29) is 21.6 Å². The molecule has 0 aliphatic rings. The van der Waals surface area contributed by atoms with Gasteiger partial charge in [-0.05, 0) is 36.8 Å². The molecule has 5 nitrogen and oxygen atoms in total. The summed E-state index contributed by atoms with van der Waals surface area (Å²) in [6, 6.07) is 4.34. The quantitative estimate of drug-likeness (QED) is 0.728. The predicted octanol–water partition coefficient (Wildman–Crippen LogP) is 3.04. The summed E-state index contributed by atoms with van der Waals surface area (Å²) < 4.78 is 0. The Bertz CT molecular complexity index is 534. The zero-order valence-electron chi connectivity index (χ0n) is 10.9. The van der Waals surface area contributed by atoms with E-state index in [4.69, 9.17) is 28.9 Å². The van der Waals surface area contributed by atoms with Crippen LogP contribution in [0.4, 0.5) is 5.69 Å². The topological polar surface area (TPSA) is 78.4 Å². The van der Waals surface area contributed by atoms with Crippen molar-refractivity contribution in [2.24, 2.45) is 0 Å². The number of hydrogen-bond donors (Lipinski definition) is 3. The van der Waals surface area contributed by atoms with Gasteiger partial charge in [-0.2, -0.15) is 0 Å². The lowest BCUT2D eigenvalue weighted by Crippen LogP contribution is -2.33. The summed E-state index contributed by atoms with van der Waals surface area (Å²) in [6.07, 6.45) is 2.14. The number of carboxylic acid groups (broad SMARTS) is 1. The van der Waals surface area contributed by atoms with Gasteiger partial charge in [0.05, 0.1) is 10.6 Å². The maximum atomic E-state index is 11.5. The first-order valence-electron chi connectivity index (χ1n) is 6.07. The molecule has 1 aromatic carbocycles. The van der Waals surface area contributed by atoms with Crippen molar-refractivity contribution >= 4 is 46.5 Å². The van der Waals surface area contributed by atoms with Crippen LogP contribution in [0.3, 0.4) is 0 Å². The first-order chi connectivity index (χ1) is 9.43. The highest BCUT2D eigenvalue weighted by Gasteiger charge is 2.10. The van der Waals surface area contributed by atoms with Crippen LogP contribution in [0.5, 0.6) is 0 Å². The summed E-state index contributed by atoms with van der Waals surface area (Å²) in [6.45, 7) is 2.00. The van der Waals surface area contributed by atoms with Gasteiger partial charge in [-0.1, -0.05) is 24.9 Å². The van der Waals surface area contributed by atoms with E-state index in [0.717, 1.165) is 12.8 Å². The number of carbonyl (C=O) groups is 2. The van der Waals surface area contributed by atoms with Crippen molar-refractivity contribution in [1.29, 1.82) is 0 Å². The van der Waals surface area contributed by atoms with Crippen molar-refractivity contribution in [3.63, 3.8) is 0 Å². The van der Waals surface area contributed by atoms with Gasteiger partial charge < -0.3 is 15.7 Å². The monoisotopic (exact) mass is 314 g/mol. The van der Waals surface area contributed by atoms with Crippen LogP contribution in [0.2, 0.25) is 5.02 Å². The van der Waals surface area contributed by atoms with Crippen molar-refractivity contribution in [2.45, 2.75) is 26.2 Å². The van der Waals surface area contributed by atoms with E-state index < -0.39 is 5.97 Å². The van der Waals surface area contributed by atoms with Crippen LogP contribution >= 0.6 is 23.8 Å². The zero-order valence-corrected chi connectivity index (χ0v) is 12.5. The maximum Gasteiger partial charge on any atom is 0.337 e. The Labute approximate surface area is 127 Å². The average molecular weight is 315 g/mol. The van der Waals surface area contributed by atoms with Gasteiger partial charge in [0.15, 0.2) is 5.11 Å². The Balaban J connectivity index is 2.60. The third-order valence-corrected chi connectivity index (χ3v) is 2.98. The van der Waals surface area contributed by atoms with Crippen LogP contribution in [0, 0.1) is 0 Å². The number of rotatable bonds is 5. The summed E-state index contributed by atoms with van der Waals surface area (Å²) in [5, 5.41) is 14.4. The molecular weight excluding hydrogens is 300 g/mol. The van der Waals surface area contributed by atoms with E-state index in [2.05, 4.69) is 10.6 Å². The Morgan fingerprint density at radius 3 is 2.65 bits per heavy atom. The third kappa shape index (κ3) is 5.14. The fraction of sp³-hybridized carbons (Fsp3) is 0.308. The molecule has 7 heteroatoms. The minimum Gasteiger partial charge on any atom is -0.478 e. The smallest absolute Gasteiger partial charge is 0.337 e. The van der Waals surface area contributed by atoms with Crippen molar-refractivity contribution in [3.05, 3.63) is 28.8 Å². The van der Waals surface area contributed by atoms with Crippen LogP contribution in [-0.4, -0.2) is 22.1 Å². The molecule has 0 unspecified atom stereocenters. The molecule has 0 heterocycles. The van der Waals surface area contributed by atoms with Crippen molar-refractivity contribution in [1.82, 2.24) is 5.32 Å². The first-order valence-corrected chi connectivity index (χ1v) is 6.86. The molecule has 0 fully saturated rings. The second kappa shape index (κ2) is 7.81. The van der Waals surface area contributed by atoms with Crippen LogP contribution in [0.25, 0.3) is 0 Å². The van der Waals surface area contributed by atoms with Crippen molar-refractivity contribution < 1.29 is 14.7 Å². The number of unbranched alkanes of at least 4 members (excludes halogenated alkanes) is 1. The predicted molar refractivity (Wildman–Crippen MR) is 82.3 cm³/mol. The molecule has 0 saturated heterocycles. The number of aromatic carboxylic acids is 1. The van der Waals surface area contributed by atoms with Gasteiger partial charge in [-0.15, -0.1) is 0 Å². The molecular formula is C13H15ClN2O3S. The number of carboxylic acids is 1. The maximum absolute atomic E-state index is 11.5. The molecule has 0 aliphatic carbocycles. The van der Waals surface area contributed by atoms with Gasteiger partial charge in [-0.25, -0.2) is 4.79 Å². The fourth-order valence-electron chi connectivity index (χ4n) is 1.46. The Kier molecular flexibility index (Phi) is 6.41. The lowest BCUT2D eigenvalue weighted by atomic mass is 10.2. The molecule has 20 heavy (non-hydrogen) atoms. The molecule has 108 valence electrons. The van der Waals surface area contributed by atoms with Gasteiger partial charge >= 0.3 is 5.97 Å². The van der Waals surface area contributed by atoms with Gasteiger partial charge in [0.1, 0.15) is 0 Å². The Morgan fingerprint density at radius 1 is 1.40 bits per heavy atom. The molecule has 0 bridgehead atoms. The summed E-state index contributed by atoms with van der Waals surface area (Å²) in [5.41, 5.74) is 0.524. The molecule has 0 atom stereocenters. The number of benzene rings is 1. The van der Waals surface area contributed by atoms with E-state index in [9.17, 15) is 9.59 Å². The lowest BCUT2D eigenvalue weighted by molar-refractivity contribution is -0.119. The van der Waals surface area contributed by atoms with Crippen LogP contribution in [0.15, 0.2) is 18.2 Å². The minimum absolute atomic E-state index is 0.00937. The highest BCUT2D eigenvalue weighted by atomic mass is 35.5. The van der Waals surface area contributed by atoms with Gasteiger partial charge in [0, 0.05) is 12.1 Å². The van der Waals surface area contributed by atoms with Gasteiger partial charge in [0.2, 0.25) is 5.91 Å². The second-order valence-corrected chi connectivity index (χ2v) is 4.92. The fourth-order valence-corrected chi connectivity index (χ4v) is 1.95. The van der Waals surface area contributed by atoms with E-state index in [1.807, 2.05) is 6.92 Å². The largest absolute Gasteiger partial charge is 0.478 e. The Morgan fingerprint density at radius 2 is 2.10 bits per heavy atom. The van der Waals surface area contributed by atoms with E-state index >= 15 is 0 Å². The van der Waals surface area contributed by atoms with E-state index in [1.54, 1.807) is 0 Å². The molecule has 1 aromatic rings. The van der Waals surface area contributed by atoms with Gasteiger partial charge in [0.25, 0.3) is 0 Å². The zero-order chi connectivity index (χ0) is 15.1. The van der Waals surface area contributed by atoms with Crippen molar-refractivity contribution in [3.8, 4) is 0 Å². The van der Waals surface area contributed by atoms with Crippen molar-refractivity contribution in [2.75, 3.05) is 5.32 Å². The third-order valence-electron chi connectivity index (χ3n) is 2.47. The van der Waals surface area contributed by atoms with E-state index in [1.165, 1.54) is 18.2 Å². The lowest BCUT2D eigenvalue weighted by Gasteiger charge is -2.10. The number of hydrogen-bond acceptors (Lipinski definition) is 3. The minimum atomic E-state index is -1.10. The highest BCUT2D eigenvalue weighted by Crippen LogP contribution is 2.20. The molecule has 1 amide bonds.